The van der Waals surface area contributed by atoms with E-state index in [0.29, 0.717) is 6.67 Å². The highest BCUT2D eigenvalue weighted by Gasteiger charge is 2.31. The Bertz CT molecular complexity index is 2850. The van der Waals surface area contributed by atoms with Gasteiger partial charge in [0.25, 0.3) is 0 Å². The zero-order chi connectivity index (χ0) is 38.5. The maximum absolute atomic E-state index is 6.73. The van der Waals surface area contributed by atoms with Crippen LogP contribution < -0.4 is 14.5 Å². The van der Waals surface area contributed by atoms with Crippen LogP contribution in [-0.4, -0.2) is 16.2 Å². The smallest absolute Gasteiger partial charge is 0.137 e. The van der Waals surface area contributed by atoms with Crippen LogP contribution in [0.15, 0.2) is 188 Å². The topological polar surface area (TPSA) is 33.5 Å². The molecule has 0 atom stereocenters. The first-order valence-corrected chi connectivity index (χ1v) is 19.6. The molecule has 0 fully saturated rings. The number of aromatic nitrogens is 2. The molecule has 0 saturated carbocycles. The molecule has 7 aromatic carbocycles. The number of hydrogen-bond acceptors (Lipinski definition) is 4. The van der Waals surface area contributed by atoms with Crippen LogP contribution in [0.25, 0.3) is 49.9 Å². The third-order valence-corrected chi connectivity index (χ3v) is 11.1. The van der Waals surface area contributed by atoms with Crippen LogP contribution in [0.1, 0.15) is 26.3 Å². The van der Waals surface area contributed by atoms with Crippen LogP contribution in [0, 0.1) is 0 Å². The average Bonchev–Trinajstić information content (AvgIpc) is 3.80. The minimum Gasteiger partial charge on any atom is -0.457 e. The highest BCUT2D eigenvalue weighted by atomic mass is 16.5. The Labute approximate surface area is 333 Å². The summed E-state index contributed by atoms with van der Waals surface area (Å²) in [5.74, 6) is 2.44. The lowest BCUT2D eigenvalue weighted by molar-refractivity contribution is 0.483. The van der Waals surface area contributed by atoms with Crippen LogP contribution in [0.4, 0.5) is 22.7 Å². The number of fused-ring (bicyclic) bond motifs is 4. The lowest BCUT2D eigenvalue weighted by atomic mass is 9.88. The van der Waals surface area contributed by atoms with Gasteiger partial charge in [0.1, 0.15) is 24.0 Å². The number of anilines is 4. The Kier molecular flexibility index (Phi) is 8.37. The molecule has 0 bridgehead atoms. The van der Waals surface area contributed by atoms with Crippen molar-refractivity contribution in [3.63, 3.8) is 0 Å². The first kappa shape index (κ1) is 34.4. The van der Waals surface area contributed by atoms with Crippen molar-refractivity contribution in [3.05, 3.63) is 194 Å². The summed E-state index contributed by atoms with van der Waals surface area (Å²) in [6.45, 7) is 7.35. The van der Waals surface area contributed by atoms with E-state index in [4.69, 9.17) is 9.72 Å². The molecule has 5 heteroatoms. The van der Waals surface area contributed by atoms with Crippen LogP contribution in [0.2, 0.25) is 0 Å². The van der Waals surface area contributed by atoms with Crippen molar-refractivity contribution < 1.29 is 4.74 Å². The lowest BCUT2D eigenvalue weighted by Gasteiger charge is -2.27. The van der Waals surface area contributed by atoms with E-state index in [2.05, 4.69) is 211 Å². The Morgan fingerprint density at radius 2 is 1.12 bits per heavy atom. The van der Waals surface area contributed by atoms with Crippen LogP contribution in [-0.2, 0) is 5.41 Å². The fourth-order valence-electron chi connectivity index (χ4n) is 8.28. The summed E-state index contributed by atoms with van der Waals surface area (Å²) in [6.07, 6.45) is 1.92. The van der Waals surface area contributed by atoms with Crippen molar-refractivity contribution in [2.75, 3.05) is 16.5 Å². The van der Waals surface area contributed by atoms with Gasteiger partial charge in [0.2, 0.25) is 0 Å². The monoisotopic (exact) mass is 738 g/mol. The number of rotatable bonds is 7. The molecule has 0 unspecified atom stereocenters. The second-order valence-corrected chi connectivity index (χ2v) is 15.7. The summed E-state index contributed by atoms with van der Waals surface area (Å²) in [5, 5.41) is 2.35. The highest BCUT2D eigenvalue weighted by Crippen LogP contribution is 2.50. The Balaban J connectivity index is 1.03. The largest absolute Gasteiger partial charge is 0.457 e. The maximum Gasteiger partial charge on any atom is 0.137 e. The summed E-state index contributed by atoms with van der Waals surface area (Å²) in [7, 11) is 0. The van der Waals surface area contributed by atoms with E-state index < -0.39 is 0 Å². The van der Waals surface area contributed by atoms with Crippen molar-refractivity contribution in [2.45, 2.75) is 26.2 Å². The molecule has 10 rings (SSSR count). The third-order valence-electron chi connectivity index (χ3n) is 11.1. The molecule has 57 heavy (non-hydrogen) atoms. The highest BCUT2D eigenvalue weighted by molar-refractivity contribution is 6.09. The maximum atomic E-state index is 6.73. The molecule has 5 nitrogen and oxygen atoms in total. The van der Waals surface area contributed by atoms with Gasteiger partial charge in [-0.15, -0.1) is 0 Å². The number of hydrogen-bond donors (Lipinski definition) is 0. The molecule has 0 saturated heterocycles. The molecule has 1 aliphatic heterocycles. The van der Waals surface area contributed by atoms with E-state index in [1.807, 2.05) is 12.3 Å². The van der Waals surface area contributed by atoms with E-state index >= 15 is 0 Å². The molecule has 0 aliphatic carbocycles. The Hall–Kier alpha value is -7.11. The number of ether oxygens (including phenoxy) is 1. The third kappa shape index (κ3) is 6.18. The summed E-state index contributed by atoms with van der Waals surface area (Å²) in [5.41, 5.74) is 12.7. The van der Waals surface area contributed by atoms with Crippen molar-refractivity contribution in [2.24, 2.45) is 0 Å². The minimum atomic E-state index is -0.00190. The summed E-state index contributed by atoms with van der Waals surface area (Å²) in [4.78, 5) is 9.71. The van der Waals surface area contributed by atoms with E-state index in [9.17, 15) is 0 Å². The molecule has 276 valence electrons. The molecular weight excluding hydrogens is 697 g/mol. The van der Waals surface area contributed by atoms with Gasteiger partial charge in [-0.2, -0.15) is 0 Å². The van der Waals surface area contributed by atoms with Gasteiger partial charge >= 0.3 is 0 Å². The van der Waals surface area contributed by atoms with Crippen molar-refractivity contribution in [1.29, 1.82) is 0 Å². The Morgan fingerprint density at radius 3 is 1.84 bits per heavy atom. The summed E-state index contributed by atoms with van der Waals surface area (Å²) in [6, 6.07) is 64.4. The van der Waals surface area contributed by atoms with Gasteiger partial charge in [-0.1, -0.05) is 136 Å². The molecule has 3 heterocycles. The fraction of sp³-hybridized carbons (Fsp3) is 0.0962. The SMILES string of the molecule is CC(C)(C)c1ccnc(-n2c3ccccc3c3ccc(Oc4cccc(N5CN(c6c(-c7ccccc7)cccc6-c6ccccc6)c6ccccc65)c4)cc32)c1. The van der Waals surface area contributed by atoms with Crippen LogP contribution >= 0.6 is 0 Å². The minimum absolute atomic E-state index is 0.00190. The Morgan fingerprint density at radius 1 is 0.509 bits per heavy atom. The van der Waals surface area contributed by atoms with Gasteiger partial charge in [-0.3, -0.25) is 4.57 Å². The average molecular weight is 739 g/mol. The zero-order valence-electron chi connectivity index (χ0n) is 32.3. The second-order valence-electron chi connectivity index (χ2n) is 15.7. The number of para-hydroxylation sites is 4. The number of nitrogens with zero attached hydrogens (tertiary/aromatic N) is 4. The number of pyridine rings is 1. The van der Waals surface area contributed by atoms with Crippen molar-refractivity contribution in [1.82, 2.24) is 9.55 Å². The fourth-order valence-corrected chi connectivity index (χ4v) is 8.28. The van der Waals surface area contributed by atoms with Crippen molar-refractivity contribution >= 4 is 44.6 Å². The predicted octanol–water partition coefficient (Wildman–Crippen LogP) is 13.8. The van der Waals surface area contributed by atoms with Gasteiger partial charge in [0.15, 0.2) is 0 Å². The van der Waals surface area contributed by atoms with E-state index in [1.54, 1.807) is 0 Å². The van der Waals surface area contributed by atoms with E-state index in [1.165, 1.54) is 38.9 Å². The molecule has 0 amide bonds. The lowest BCUT2D eigenvalue weighted by Crippen LogP contribution is -2.24. The second kappa shape index (κ2) is 13.9. The van der Waals surface area contributed by atoms with Gasteiger partial charge in [-0.05, 0) is 76.7 Å². The molecule has 2 aromatic heterocycles. The van der Waals surface area contributed by atoms with Gasteiger partial charge in [0, 0.05) is 45.9 Å². The van der Waals surface area contributed by atoms with Gasteiger partial charge in [0.05, 0.1) is 28.1 Å². The van der Waals surface area contributed by atoms with Gasteiger partial charge in [-0.25, -0.2) is 4.98 Å². The predicted molar refractivity (Wildman–Crippen MR) is 237 cm³/mol. The zero-order valence-corrected chi connectivity index (χ0v) is 32.3. The molecule has 0 radical (unpaired) electrons. The summed E-state index contributed by atoms with van der Waals surface area (Å²) < 4.78 is 8.99. The normalized spacial score (nSPS) is 12.7. The molecular formula is C52H42N4O. The first-order valence-electron chi connectivity index (χ1n) is 19.6. The quantitative estimate of drug-likeness (QED) is 0.163. The standard InChI is InChI=1S/C52H42N4O/c1-52(2,3)38-30-31-53-50(32-38)56-46-25-11-10-22-44(46)45-29-28-41(34-49(45)56)57-40-21-14-20-39(33-40)54-35-55(48-27-13-12-26-47(48)54)51-42(36-16-6-4-7-17-36)23-15-24-43(51)37-18-8-5-9-19-37/h4-34H,35H2,1-3H3. The van der Waals surface area contributed by atoms with Crippen LogP contribution in [0.5, 0.6) is 11.5 Å². The van der Waals surface area contributed by atoms with Gasteiger partial charge < -0.3 is 14.5 Å². The van der Waals surface area contributed by atoms with Crippen LogP contribution in [0.3, 0.4) is 0 Å². The number of benzene rings is 7. The molecule has 9 aromatic rings. The van der Waals surface area contributed by atoms with E-state index in [-0.39, 0.29) is 5.41 Å². The molecule has 0 N–H and O–H groups in total. The summed E-state index contributed by atoms with van der Waals surface area (Å²) >= 11 is 0. The van der Waals surface area contributed by atoms with E-state index in [0.717, 1.165) is 50.8 Å². The molecule has 1 aliphatic rings. The first-order chi connectivity index (χ1) is 27.9. The van der Waals surface area contributed by atoms with Crippen molar-refractivity contribution in [3.8, 4) is 39.6 Å². The molecule has 0 spiro atoms.